The first-order chi connectivity index (χ1) is 8.69. The van der Waals surface area contributed by atoms with E-state index in [9.17, 15) is 4.39 Å². The highest BCUT2D eigenvalue weighted by atomic mass is 19.1. The molecule has 0 amide bonds. The van der Waals surface area contributed by atoms with Crippen molar-refractivity contribution >= 4 is 11.8 Å². The van der Waals surface area contributed by atoms with Crippen molar-refractivity contribution in [2.75, 3.05) is 44.4 Å². The Hall–Kier alpha value is -1.43. The van der Waals surface area contributed by atoms with Crippen LogP contribution in [0.2, 0.25) is 0 Å². The molecule has 100 valence electrons. The quantitative estimate of drug-likeness (QED) is 0.849. The molecule has 5 nitrogen and oxygen atoms in total. The molecular formula is C12H20FN5. The van der Waals surface area contributed by atoms with E-state index in [4.69, 9.17) is 0 Å². The first-order valence-corrected chi connectivity index (χ1v) is 6.31. The summed E-state index contributed by atoms with van der Waals surface area (Å²) in [5.41, 5.74) is 0. The lowest BCUT2D eigenvalue weighted by atomic mass is 9.98. The van der Waals surface area contributed by atoms with Crippen LogP contribution in [0, 0.1) is 11.7 Å². The lowest BCUT2D eigenvalue weighted by Gasteiger charge is -2.29. The van der Waals surface area contributed by atoms with E-state index in [0.29, 0.717) is 11.9 Å². The van der Waals surface area contributed by atoms with E-state index in [-0.39, 0.29) is 5.82 Å². The van der Waals surface area contributed by atoms with Crippen LogP contribution >= 0.6 is 0 Å². The van der Waals surface area contributed by atoms with Gasteiger partial charge in [0.05, 0.1) is 6.20 Å². The van der Waals surface area contributed by atoms with Crippen LogP contribution in [0.3, 0.4) is 0 Å². The summed E-state index contributed by atoms with van der Waals surface area (Å²) in [5, 5.41) is 5.89. The molecule has 18 heavy (non-hydrogen) atoms. The van der Waals surface area contributed by atoms with Crippen molar-refractivity contribution in [2.45, 2.75) is 12.8 Å². The highest BCUT2D eigenvalue weighted by molar-refractivity contribution is 5.40. The van der Waals surface area contributed by atoms with E-state index in [1.165, 1.54) is 19.0 Å². The van der Waals surface area contributed by atoms with Crippen LogP contribution in [0.1, 0.15) is 12.8 Å². The summed E-state index contributed by atoms with van der Waals surface area (Å²) in [5.74, 6) is 0.858. The Morgan fingerprint density at radius 3 is 3.11 bits per heavy atom. The van der Waals surface area contributed by atoms with Crippen molar-refractivity contribution in [1.82, 2.24) is 14.9 Å². The highest BCUT2D eigenvalue weighted by Crippen LogP contribution is 2.17. The molecule has 2 heterocycles. The van der Waals surface area contributed by atoms with Crippen molar-refractivity contribution in [1.29, 1.82) is 0 Å². The monoisotopic (exact) mass is 253 g/mol. The lowest BCUT2D eigenvalue weighted by molar-refractivity contribution is 0.217. The zero-order valence-corrected chi connectivity index (χ0v) is 10.9. The maximum Gasteiger partial charge on any atom is 0.224 e. The molecule has 1 saturated heterocycles. The zero-order valence-electron chi connectivity index (χ0n) is 10.9. The average Bonchev–Trinajstić information content (AvgIpc) is 2.38. The maximum absolute atomic E-state index is 13.5. The Morgan fingerprint density at radius 2 is 2.39 bits per heavy atom. The summed E-state index contributed by atoms with van der Waals surface area (Å²) in [6.07, 6.45) is 3.58. The average molecular weight is 253 g/mol. The molecule has 0 spiro atoms. The third-order valence-corrected chi connectivity index (χ3v) is 3.25. The molecule has 0 aromatic carbocycles. The molecule has 0 bridgehead atoms. The van der Waals surface area contributed by atoms with Gasteiger partial charge in [-0.25, -0.2) is 9.37 Å². The predicted molar refractivity (Wildman–Crippen MR) is 70.2 cm³/mol. The summed E-state index contributed by atoms with van der Waals surface area (Å²) in [4.78, 5) is 10.2. The van der Waals surface area contributed by atoms with Gasteiger partial charge in [0.2, 0.25) is 5.95 Å². The molecule has 1 aromatic rings. The molecule has 1 unspecified atom stereocenters. The fraction of sp³-hybridized carbons (Fsp3) is 0.667. The van der Waals surface area contributed by atoms with Gasteiger partial charge in [-0.15, -0.1) is 0 Å². The van der Waals surface area contributed by atoms with Crippen LogP contribution in [-0.2, 0) is 0 Å². The minimum atomic E-state index is -0.404. The molecule has 1 aliphatic rings. The van der Waals surface area contributed by atoms with Gasteiger partial charge in [0.1, 0.15) is 0 Å². The molecule has 6 heteroatoms. The standard InChI is InChI=1S/C12H20FN5/c1-14-12-16-7-10(13)11(17-12)15-6-9-4-3-5-18(2)8-9/h7,9H,3-6,8H2,1-2H3,(H2,14,15,16,17). The Labute approximate surface area is 107 Å². The van der Waals surface area contributed by atoms with Gasteiger partial charge < -0.3 is 15.5 Å². The molecule has 1 atom stereocenters. The number of likely N-dealkylation sites (tertiary alicyclic amines) is 1. The van der Waals surface area contributed by atoms with Crippen LogP contribution in [0.15, 0.2) is 6.20 Å². The Balaban J connectivity index is 1.92. The van der Waals surface area contributed by atoms with Crippen molar-refractivity contribution in [3.05, 3.63) is 12.0 Å². The molecule has 2 rings (SSSR count). The fourth-order valence-electron chi connectivity index (χ4n) is 2.29. The number of rotatable bonds is 4. The SMILES string of the molecule is CNc1ncc(F)c(NCC2CCCN(C)C2)n1. The van der Waals surface area contributed by atoms with Crippen LogP contribution in [0.25, 0.3) is 0 Å². The third-order valence-electron chi connectivity index (χ3n) is 3.25. The number of piperidine rings is 1. The summed E-state index contributed by atoms with van der Waals surface area (Å²) in [7, 11) is 3.84. The fourth-order valence-corrected chi connectivity index (χ4v) is 2.29. The third kappa shape index (κ3) is 3.29. The van der Waals surface area contributed by atoms with Crippen LogP contribution in [0.4, 0.5) is 16.2 Å². The number of halogens is 1. The number of hydrogen-bond acceptors (Lipinski definition) is 5. The second kappa shape index (κ2) is 5.95. The van der Waals surface area contributed by atoms with Crippen LogP contribution in [0.5, 0.6) is 0 Å². The van der Waals surface area contributed by atoms with Gasteiger partial charge in [-0.2, -0.15) is 4.98 Å². The van der Waals surface area contributed by atoms with Crippen molar-refractivity contribution in [3.63, 3.8) is 0 Å². The van der Waals surface area contributed by atoms with E-state index in [1.807, 2.05) is 0 Å². The molecule has 1 fully saturated rings. The first-order valence-electron chi connectivity index (χ1n) is 6.31. The van der Waals surface area contributed by atoms with E-state index >= 15 is 0 Å². The van der Waals surface area contributed by atoms with Crippen LogP contribution in [-0.4, -0.2) is 48.6 Å². The molecule has 0 radical (unpaired) electrons. The summed E-state index contributed by atoms with van der Waals surface area (Å²) < 4.78 is 13.5. The highest BCUT2D eigenvalue weighted by Gasteiger charge is 2.17. The Kier molecular flexibility index (Phi) is 4.30. The number of anilines is 2. The van der Waals surface area contributed by atoms with E-state index in [1.54, 1.807) is 7.05 Å². The van der Waals surface area contributed by atoms with Gasteiger partial charge in [-0.1, -0.05) is 0 Å². The van der Waals surface area contributed by atoms with Gasteiger partial charge in [0.15, 0.2) is 11.6 Å². The number of hydrogen-bond donors (Lipinski definition) is 2. The lowest BCUT2D eigenvalue weighted by Crippen LogP contribution is -2.35. The second-order valence-corrected chi connectivity index (χ2v) is 4.79. The van der Waals surface area contributed by atoms with Crippen molar-refractivity contribution in [3.8, 4) is 0 Å². The van der Waals surface area contributed by atoms with Crippen LogP contribution < -0.4 is 10.6 Å². The summed E-state index contributed by atoms with van der Waals surface area (Å²) in [6, 6.07) is 0. The molecule has 1 aromatic heterocycles. The number of nitrogens with zero attached hydrogens (tertiary/aromatic N) is 3. The number of nitrogens with one attached hydrogen (secondary N) is 2. The normalized spacial score (nSPS) is 20.7. The minimum absolute atomic E-state index is 0.280. The van der Waals surface area contributed by atoms with E-state index in [0.717, 1.165) is 19.6 Å². The predicted octanol–water partition coefficient (Wildman–Crippen LogP) is 1.41. The van der Waals surface area contributed by atoms with Gasteiger partial charge in [0, 0.05) is 20.1 Å². The second-order valence-electron chi connectivity index (χ2n) is 4.79. The maximum atomic E-state index is 13.5. The molecule has 0 saturated carbocycles. The summed E-state index contributed by atoms with van der Waals surface area (Å²) >= 11 is 0. The van der Waals surface area contributed by atoms with Gasteiger partial charge in [-0.3, -0.25) is 0 Å². The topological polar surface area (TPSA) is 53.1 Å². The van der Waals surface area contributed by atoms with E-state index in [2.05, 4.69) is 32.5 Å². The molecule has 2 N–H and O–H groups in total. The zero-order chi connectivity index (χ0) is 13.0. The Morgan fingerprint density at radius 1 is 1.56 bits per heavy atom. The van der Waals surface area contributed by atoms with Crippen molar-refractivity contribution < 1.29 is 4.39 Å². The molecular weight excluding hydrogens is 233 g/mol. The van der Waals surface area contributed by atoms with Crippen molar-refractivity contribution in [2.24, 2.45) is 5.92 Å². The van der Waals surface area contributed by atoms with Gasteiger partial charge in [-0.05, 0) is 32.4 Å². The van der Waals surface area contributed by atoms with E-state index < -0.39 is 5.82 Å². The smallest absolute Gasteiger partial charge is 0.224 e. The van der Waals surface area contributed by atoms with Gasteiger partial charge in [0.25, 0.3) is 0 Å². The molecule has 1 aliphatic heterocycles. The van der Waals surface area contributed by atoms with Gasteiger partial charge >= 0.3 is 0 Å². The largest absolute Gasteiger partial charge is 0.367 e. The summed E-state index contributed by atoms with van der Waals surface area (Å²) in [6.45, 7) is 2.96. The minimum Gasteiger partial charge on any atom is -0.367 e. The molecule has 0 aliphatic carbocycles. The first kappa shape index (κ1) is 13.0. The Bertz CT molecular complexity index is 398. The number of aromatic nitrogens is 2.